The zero-order chi connectivity index (χ0) is 16.8. The molecule has 0 atom stereocenters. The van der Waals surface area contributed by atoms with Crippen LogP contribution in [-0.4, -0.2) is 39.6 Å². The number of carbonyl (C=O) groups excluding carboxylic acids is 1. The van der Waals surface area contributed by atoms with Gasteiger partial charge in [-0.2, -0.15) is 0 Å². The van der Waals surface area contributed by atoms with Crippen LogP contribution in [0.15, 0.2) is 29.2 Å². The van der Waals surface area contributed by atoms with Crippen molar-refractivity contribution in [3.63, 3.8) is 0 Å². The molecule has 0 aromatic heterocycles. The van der Waals surface area contributed by atoms with Crippen molar-refractivity contribution in [1.29, 1.82) is 0 Å². The molecule has 8 heteroatoms. The Morgan fingerprint density at radius 1 is 1.23 bits per heavy atom. The quantitative estimate of drug-likeness (QED) is 0.438. The van der Waals surface area contributed by atoms with E-state index in [-0.39, 0.29) is 11.7 Å². The molecular weight excluding hydrogens is 310 g/mol. The second kappa shape index (κ2) is 7.57. The SMILES string of the molecule is CCOCOc1ccc(S(=O)(=O)C(C)(C)C(=O)NOC)cc1. The van der Waals surface area contributed by atoms with Gasteiger partial charge >= 0.3 is 0 Å². The third kappa shape index (κ3) is 3.96. The minimum atomic E-state index is -3.88. The summed E-state index contributed by atoms with van der Waals surface area (Å²) in [4.78, 5) is 16.4. The van der Waals surface area contributed by atoms with E-state index in [9.17, 15) is 13.2 Å². The van der Waals surface area contributed by atoms with Crippen molar-refractivity contribution in [3.8, 4) is 5.75 Å². The number of nitrogens with one attached hydrogen (secondary N) is 1. The first kappa shape index (κ1) is 18.4. The lowest BCUT2D eigenvalue weighted by atomic mass is 10.2. The van der Waals surface area contributed by atoms with Gasteiger partial charge in [0.2, 0.25) is 0 Å². The van der Waals surface area contributed by atoms with Crippen molar-refractivity contribution in [2.45, 2.75) is 30.4 Å². The highest BCUT2D eigenvalue weighted by Gasteiger charge is 2.43. The van der Waals surface area contributed by atoms with Gasteiger partial charge in [0.25, 0.3) is 5.91 Å². The topological polar surface area (TPSA) is 90.9 Å². The summed E-state index contributed by atoms with van der Waals surface area (Å²) < 4.78 is 33.8. The van der Waals surface area contributed by atoms with E-state index in [1.54, 1.807) is 0 Å². The highest BCUT2D eigenvalue weighted by Crippen LogP contribution is 2.27. The van der Waals surface area contributed by atoms with E-state index in [0.29, 0.717) is 12.4 Å². The molecule has 1 rings (SSSR count). The fourth-order valence-corrected chi connectivity index (χ4v) is 2.91. The number of benzene rings is 1. The molecule has 0 radical (unpaired) electrons. The molecule has 22 heavy (non-hydrogen) atoms. The molecule has 124 valence electrons. The van der Waals surface area contributed by atoms with Gasteiger partial charge in [0.15, 0.2) is 21.4 Å². The lowest BCUT2D eigenvalue weighted by molar-refractivity contribution is -0.133. The Morgan fingerprint density at radius 3 is 2.32 bits per heavy atom. The lowest BCUT2D eigenvalue weighted by Gasteiger charge is -2.23. The van der Waals surface area contributed by atoms with Crippen molar-refractivity contribution >= 4 is 15.7 Å². The molecule has 1 aromatic rings. The Kier molecular flexibility index (Phi) is 6.34. The number of hydrogen-bond donors (Lipinski definition) is 1. The maximum atomic E-state index is 12.6. The van der Waals surface area contributed by atoms with E-state index in [2.05, 4.69) is 4.84 Å². The average Bonchev–Trinajstić information content (AvgIpc) is 2.48. The molecule has 7 nitrogen and oxygen atoms in total. The summed E-state index contributed by atoms with van der Waals surface area (Å²) in [5, 5.41) is 0. The molecule has 0 spiro atoms. The fourth-order valence-electron chi connectivity index (χ4n) is 1.54. The molecule has 0 heterocycles. The summed E-state index contributed by atoms with van der Waals surface area (Å²) in [6, 6.07) is 5.79. The van der Waals surface area contributed by atoms with Crippen LogP contribution in [0, 0.1) is 0 Å². The Balaban J connectivity index is 2.96. The van der Waals surface area contributed by atoms with Gasteiger partial charge in [-0.05, 0) is 45.0 Å². The van der Waals surface area contributed by atoms with Crippen molar-refractivity contribution < 1.29 is 27.5 Å². The van der Waals surface area contributed by atoms with Crippen LogP contribution in [0.4, 0.5) is 0 Å². The van der Waals surface area contributed by atoms with Gasteiger partial charge in [0, 0.05) is 6.61 Å². The largest absolute Gasteiger partial charge is 0.468 e. The standard InChI is InChI=1S/C14H21NO6S/c1-5-20-10-21-11-6-8-12(9-7-11)22(17,18)14(2,3)13(16)15-19-4/h6-9H,5,10H2,1-4H3,(H,15,16). The minimum Gasteiger partial charge on any atom is -0.468 e. The van der Waals surface area contributed by atoms with E-state index < -0.39 is 20.5 Å². The highest BCUT2D eigenvalue weighted by molar-refractivity contribution is 7.93. The molecule has 0 aliphatic heterocycles. The van der Waals surface area contributed by atoms with Gasteiger partial charge in [-0.25, -0.2) is 13.9 Å². The van der Waals surface area contributed by atoms with Gasteiger partial charge < -0.3 is 9.47 Å². The first-order valence-electron chi connectivity index (χ1n) is 6.66. The second-order valence-corrected chi connectivity index (χ2v) is 7.37. The second-order valence-electron chi connectivity index (χ2n) is 4.88. The third-order valence-corrected chi connectivity index (χ3v) is 5.48. The first-order valence-corrected chi connectivity index (χ1v) is 8.14. The summed E-state index contributed by atoms with van der Waals surface area (Å²) in [5.74, 6) is -0.266. The number of hydroxylamine groups is 1. The van der Waals surface area contributed by atoms with Gasteiger partial charge in [0.1, 0.15) is 5.75 Å². The molecule has 0 unspecified atom stereocenters. The van der Waals surface area contributed by atoms with Crippen LogP contribution < -0.4 is 10.2 Å². The van der Waals surface area contributed by atoms with E-state index in [1.165, 1.54) is 45.2 Å². The van der Waals surface area contributed by atoms with Gasteiger partial charge in [-0.3, -0.25) is 9.63 Å². The maximum Gasteiger partial charge on any atom is 0.264 e. The summed E-state index contributed by atoms with van der Waals surface area (Å²) in [6.45, 7) is 5.08. The third-order valence-electron chi connectivity index (χ3n) is 3.06. The van der Waals surface area contributed by atoms with Gasteiger partial charge in [-0.15, -0.1) is 0 Å². The van der Waals surface area contributed by atoms with Crippen LogP contribution >= 0.6 is 0 Å². The Bertz CT molecular complexity index is 594. The normalized spacial score (nSPS) is 12.0. The first-order chi connectivity index (χ1) is 10.3. The predicted molar refractivity (Wildman–Crippen MR) is 80.0 cm³/mol. The fraction of sp³-hybridized carbons (Fsp3) is 0.500. The summed E-state index contributed by atoms with van der Waals surface area (Å²) in [7, 11) is -2.64. The molecule has 1 aromatic carbocycles. The molecule has 0 bridgehead atoms. The summed E-state index contributed by atoms with van der Waals surface area (Å²) in [5.41, 5.74) is 2.05. The van der Waals surface area contributed by atoms with Crippen molar-refractivity contribution in [3.05, 3.63) is 24.3 Å². The number of sulfone groups is 1. The monoisotopic (exact) mass is 331 g/mol. The zero-order valence-corrected chi connectivity index (χ0v) is 13.9. The van der Waals surface area contributed by atoms with Crippen LogP contribution in [0.3, 0.4) is 0 Å². The average molecular weight is 331 g/mol. The van der Waals surface area contributed by atoms with Gasteiger partial charge in [0.05, 0.1) is 12.0 Å². The predicted octanol–water partition coefficient (Wildman–Crippen LogP) is 1.29. The van der Waals surface area contributed by atoms with E-state index in [4.69, 9.17) is 9.47 Å². The Labute approximate surface area is 130 Å². The number of ether oxygens (including phenoxy) is 2. The van der Waals surface area contributed by atoms with E-state index in [1.807, 2.05) is 12.4 Å². The highest BCUT2D eigenvalue weighted by atomic mass is 32.2. The van der Waals surface area contributed by atoms with Crippen LogP contribution in [0.2, 0.25) is 0 Å². The minimum absolute atomic E-state index is 0.0208. The van der Waals surface area contributed by atoms with Crippen LogP contribution in [0.5, 0.6) is 5.75 Å². The van der Waals surface area contributed by atoms with Crippen molar-refractivity contribution in [2.24, 2.45) is 0 Å². The Hall–Kier alpha value is -1.64. The smallest absolute Gasteiger partial charge is 0.264 e. The molecule has 0 aliphatic rings. The van der Waals surface area contributed by atoms with Gasteiger partial charge in [-0.1, -0.05) is 0 Å². The molecular formula is C14H21NO6S. The molecule has 0 aliphatic carbocycles. The maximum absolute atomic E-state index is 12.6. The van der Waals surface area contributed by atoms with Crippen molar-refractivity contribution in [2.75, 3.05) is 20.5 Å². The zero-order valence-electron chi connectivity index (χ0n) is 13.1. The van der Waals surface area contributed by atoms with Crippen LogP contribution in [0.1, 0.15) is 20.8 Å². The number of hydrogen-bond acceptors (Lipinski definition) is 6. The lowest BCUT2D eigenvalue weighted by Crippen LogP contribution is -2.47. The van der Waals surface area contributed by atoms with Crippen LogP contribution in [-0.2, 0) is 24.2 Å². The molecule has 0 fully saturated rings. The Morgan fingerprint density at radius 2 is 1.82 bits per heavy atom. The molecule has 0 saturated carbocycles. The van der Waals surface area contributed by atoms with Crippen LogP contribution in [0.25, 0.3) is 0 Å². The number of amides is 1. The summed E-state index contributed by atoms with van der Waals surface area (Å²) >= 11 is 0. The molecule has 1 amide bonds. The van der Waals surface area contributed by atoms with E-state index >= 15 is 0 Å². The van der Waals surface area contributed by atoms with Crippen molar-refractivity contribution in [1.82, 2.24) is 5.48 Å². The summed E-state index contributed by atoms with van der Waals surface area (Å²) in [6.07, 6.45) is 0. The number of rotatable bonds is 8. The number of carbonyl (C=O) groups is 1. The molecule has 0 saturated heterocycles. The van der Waals surface area contributed by atoms with E-state index in [0.717, 1.165) is 0 Å². The molecule has 1 N–H and O–H groups in total.